The van der Waals surface area contributed by atoms with Gasteiger partial charge < -0.3 is 9.13 Å². The number of hydrogen-bond donors (Lipinski definition) is 0. The van der Waals surface area contributed by atoms with Gasteiger partial charge in [0.2, 0.25) is 0 Å². The van der Waals surface area contributed by atoms with Crippen LogP contribution in [-0.4, -0.2) is 9.13 Å². The van der Waals surface area contributed by atoms with Gasteiger partial charge in [-0.3, -0.25) is 0 Å². The Hall–Kier alpha value is -6.64. The van der Waals surface area contributed by atoms with E-state index in [0.717, 1.165) is 11.4 Å². The second kappa shape index (κ2) is 10.4. The van der Waals surface area contributed by atoms with Crippen molar-refractivity contribution in [3.8, 4) is 33.6 Å². The fourth-order valence-corrected chi connectivity index (χ4v) is 8.47. The SMILES string of the molecule is c1ccc(-c2cn(-c3ccccc3)c3c2ccc2c4ccccc4n(-c4cccc(-c5ccc6ccc7cccc8ccc5c6c78)c4)c23)cc1. The summed E-state index contributed by atoms with van der Waals surface area (Å²) in [4.78, 5) is 0. The van der Waals surface area contributed by atoms with Crippen LogP contribution in [0.3, 0.4) is 0 Å². The van der Waals surface area contributed by atoms with E-state index in [1.54, 1.807) is 0 Å². The molecule has 0 fully saturated rings. The van der Waals surface area contributed by atoms with Gasteiger partial charge >= 0.3 is 0 Å². The molecule has 0 unspecified atom stereocenters. The molecule has 0 aliphatic rings. The Morgan fingerprint density at radius 1 is 0.340 bits per heavy atom. The highest BCUT2D eigenvalue weighted by Gasteiger charge is 2.21. The van der Waals surface area contributed by atoms with Crippen LogP contribution in [0.2, 0.25) is 0 Å². The van der Waals surface area contributed by atoms with Crippen LogP contribution in [-0.2, 0) is 0 Å². The molecular formula is C48H30N2. The highest BCUT2D eigenvalue weighted by atomic mass is 15.0. The minimum atomic E-state index is 1.14. The lowest BCUT2D eigenvalue weighted by atomic mass is 9.90. The lowest BCUT2D eigenvalue weighted by molar-refractivity contribution is 1.12. The van der Waals surface area contributed by atoms with Gasteiger partial charge in [0.15, 0.2) is 0 Å². The Morgan fingerprint density at radius 3 is 1.80 bits per heavy atom. The maximum atomic E-state index is 2.49. The largest absolute Gasteiger partial charge is 0.314 e. The molecule has 0 radical (unpaired) electrons. The van der Waals surface area contributed by atoms with Crippen LogP contribution in [0.4, 0.5) is 0 Å². The van der Waals surface area contributed by atoms with Crippen molar-refractivity contribution in [2.24, 2.45) is 0 Å². The van der Waals surface area contributed by atoms with Crippen LogP contribution in [0.1, 0.15) is 0 Å². The molecule has 0 N–H and O–H groups in total. The van der Waals surface area contributed by atoms with E-state index < -0.39 is 0 Å². The third kappa shape index (κ3) is 3.85. The molecule has 11 aromatic rings. The number of rotatable bonds is 4. The second-order valence-electron chi connectivity index (χ2n) is 13.3. The van der Waals surface area contributed by atoms with Gasteiger partial charge in [0.1, 0.15) is 0 Å². The number of fused-ring (bicyclic) bond motifs is 5. The third-order valence-electron chi connectivity index (χ3n) is 10.7. The maximum absolute atomic E-state index is 2.49. The molecule has 232 valence electrons. The molecule has 0 aliphatic carbocycles. The van der Waals surface area contributed by atoms with E-state index in [2.05, 4.69) is 191 Å². The summed E-state index contributed by atoms with van der Waals surface area (Å²) in [5.41, 5.74) is 10.8. The summed E-state index contributed by atoms with van der Waals surface area (Å²) in [6.45, 7) is 0. The maximum Gasteiger partial charge on any atom is 0.0788 e. The van der Waals surface area contributed by atoms with Crippen molar-refractivity contribution in [1.82, 2.24) is 9.13 Å². The van der Waals surface area contributed by atoms with Crippen LogP contribution >= 0.6 is 0 Å². The van der Waals surface area contributed by atoms with Gasteiger partial charge in [-0.25, -0.2) is 0 Å². The van der Waals surface area contributed by atoms with Crippen molar-refractivity contribution in [1.29, 1.82) is 0 Å². The molecular weight excluding hydrogens is 605 g/mol. The van der Waals surface area contributed by atoms with Gasteiger partial charge in [-0.15, -0.1) is 0 Å². The molecule has 0 saturated heterocycles. The Balaban J connectivity index is 1.23. The summed E-state index contributed by atoms with van der Waals surface area (Å²) < 4.78 is 4.88. The predicted molar refractivity (Wildman–Crippen MR) is 212 cm³/mol. The number of aromatic nitrogens is 2. The summed E-state index contributed by atoms with van der Waals surface area (Å²) in [5, 5.41) is 11.6. The summed E-state index contributed by atoms with van der Waals surface area (Å²) >= 11 is 0. The summed E-state index contributed by atoms with van der Waals surface area (Å²) in [7, 11) is 0. The molecule has 0 amide bonds. The molecule has 2 aromatic heterocycles. The van der Waals surface area contributed by atoms with Crippen molar-refractivity contribution in [2.45, 2.75) is 0 Å². The molecule has 9 aromatic carbocycles. The van der Waals surface area contributed by atoms with Crippen LogP contribution in [0.5, 0.6) is 0 Å². The predicted octanol–water partition coefficient (Wildman–Crippen LogP) is 13.0. The van der Waals surface area contributed by atoms with E-state index >= 15 is 0 Å². The van der Waals surface area contributed by atoms with Crippen LogP contribution < -0.4 is 0 Å². The van der Waals surface area contributed by atoms with Crippen LogP contribution in [0, 0.1) is 0 Å². The molecule has 0 saturated carbocycles. The van der Waals surface area contributed by atoms with E-state index in [1.807, 2.05) is 0 Å². The number of para-hydroxylation sites is 2. The molecule has 2 heterocycles. The summed E-state index contributed by atoms with van der Waals surface area (Å²) in [6.07, 6.45) is 2.32. The third-order valence-corrected chi connectivity index (χ3v) is 10.7. The lowest BCUT2D eigenvalue weighted by Crippen LogP contribution is -1.98. The smallest absolute Gasteiger partial charge is 0.0788 e. The minimum Gasteiger partial charge on any atom is -0.314 e. The fourth-order valence-electron chi connectivity index (χ4n) is 8.47. The standard InChI is InChI=1S/C48H30N2/c1-3-11-31(12-4-1)43-30-49(36-16-5-2-6-17-36)47-42(43)28-27-41-39-19-7-8-20-44(39)50(48(41)47)37-18-10-15-35(29-37)38-25-23-34-22-21-32-13-9-14-33-24-26-40(38)46(34)45(32)33/h1-30H. The molecule has 11 rings (SSSR count). The zero-order valence-corrected chi connectivity index (χ0v) is 27.2. The zero-order valence-electron chi connectivity index (χ0n) is 27.2. The van der Waals surface area contributed by atoms with Crippen LogP contribution in [0.15, 0.2) is 182 Å². The summed E-state index contributed by atoms with van der Waals surface area (Å²) in [6, 6.07) is 64.4. The van der Waals surface area contributed by atoms with E-state index in [4.69, 9.17) is 0 Å². The van der Waals surface area contributed by atoms with E-state index in [-0.39, 0.29) is 0 Å². The Kier molecular flexibility index (Phi) is 5.70. The molecule has 2 nitrogen and oxygen atoms in total. The van der Waals surface area contributed by atoms with E-state index in [0.29, 0.717) is 0 Å². The van der Waals surface area contributed by atoms with Crippen molar-refractivity contribution < 1.29 is 0 Å². The monoisotopic (exact) mass is 634 g/mol. The second-order valence-corrected chi connectivity index (χ2v) is 13.3. The molecule has 0 aliphatic heterocycles. The Bertz CT molecular complexity index is 3060. The number of hydrogen-bond acceptors (Lipinski definition) is 0. The van der Waals surface area contributed by atoms with Gasteiger partial charge in [-0.05, 0) is 79.3 Å². The highest BCUT2D eigenvalue weighted by Crippen LogP contribution is 2.43. The number of benzene rings is 9. The molecule has 2 heteroatoms. The van der Waals surface area contributed by atoms with E-state index in [1.165, 1.54) is 87.3 Å². The molecule has 0 atom stereocenters. The number of nitrogens with zero attached hydrogens (tertiary/aromatic N) is 2. The van der Waals surface area contributed by atoms with Gasteiger partial charge in [-0.2, -0.15) is 0 Å². The molecule has 0 bridgehead atoms. The first-order valence-electron chi connectivity index (χ1n) is 17.3. The van der Waals surface area contributed by atoms with Crippen LogP contribution in [0.25, 0.3) is 98.7 Å². The van der Waals surface area contributed by atoms with E-state index in [9.17, 15) is 0 Å². The normalized spacial score (nSPS) is 12.0. The van der Waals surface area contributed by atoms with Crippen molar-refractivity contribution in [3.05, 3.63) is 182 Å². The Morgan fingerprint density at radius 2 is 0.960 bits per heavy atom. The molecule has 0 spiro atoms. The van der Waals surface area contributed by atoms with Crippen molar-refractivity contribution in [2.75, 3.05) is 0 Å². The first kappa shape index (κ1) is 27.3. The molecule has 50 heavy (non-hydrogen) atoms. The quantitative estimate of drug-likeness (QED) is 0.171. The Labute approximate surface area is 289 Å². The van der Waals surface area contributed by atoms with Crippen molar-refractivity contribution >= 4 is 65.0 Å². The lowest BCUT2D eigenvalue weighted by Gasteiger charge is -2.16. The average Bonchev–Trinajstić information content (AvgIpc) is 3.74. The topological polar surface area (TPSA) is 9.86 Å². The van der Waals surface area contributed by atoms with Gasteiger partial charge in [0, 0.05) is 39.3 Å². The zero-order chi connectivity index (χ0) is 32.8. The fraction of sp³-hybridized carbons (Fsp3) is 0. The van der Waals surface area contributed by atoms with Crippen molar-refractivity contribution in [3.63, 3.8) is 0 Å². The highest BCUT2D eigenvalue weighted by molar-refractivity contribution is 6.25. The van der Waals surface area contributed by atoms with Gasteiger partial charge in [0.25, 0.3) is 0 Å². The first-order chi connectivity index (χ1) is 24.8. The minimum absolute atomic E-state index is 1.14. The van der Waals surface area contributed by atoms with Gasteiger partial charge in [0.05, 0.1) is 16.6 Å². The van der Waals surface area contributed by atoms with Gasteiger partial charge in [-0.1, -0.05) is 146 Å². The average molecular weight is 635 g/mol. The first-order valence-corrected chi connectivity index (χ1v) is 17.3. The summed E-state index contributed by atoms with van der Waals surface area (Å²) in [5.74, 6) is 0.